The maximum atomic E-state index is 13.1. The lowest BCUT2D eigenvalue weighted by Gasteiger charge is -2.28. The monoisotopic (exact) mass is 468 g/mol. The van der Waals surface area contributed by atoms with E-state index in [0.29, 0.717) is 18.0 Å². The zero-order chi connectivity index (χ0) is 22.1. The van der Waals surface area contributed by atoms with E-state index in [0.717, 1.165) is 28.2 Å². The lowest BCUT2D eigenvalue weighted by Crippen LogP contribution is -2.42. The van der Waals surface area contributed by atoms with Gasteiger partial charge in [0.15, 0.2) is 9.84 Å². The van der Waals surface area contributed by atoms with E-state index in [1.807, 2.05) is 60.8 Å². The number of carbonyl (C=O) groups excluding carboxylic acids is 1. The molecule has 32 heavy (non-hydrogen) atoms. The molecule has 0 aliphatic carbocycles. The van der Waals surface area contributed by atoms with Gasteiger partial charge < -0.3 is 14.3 Å². The molecule has 0 unspecified atom stereocenters. The molecule has 1 atom stereocenters. The van der Waals surface area contributed by atoms with Crippen molar-refractivity contribution in [1.82, 2.24) is 15.2 Å². The van der Waals surface area contributed by atoms with Crippen LogP contribution in [0.3, 0.4) is 0 Å². The number of nitrogens with zero attached hydrogens (tertiary/aromatic N) is 3. The number of hydrogen-bond acceptors (Lipinski definition) is 7. The number of thioether (sulfide) groups is 1. The van der Waals surface area contributed by atoms with E-state index in [9.17, 15) is 13.2 Å². The van der Waals surface area contributed by atoms with E-state index in [1.54, 1.807) is 4.90 Å². The van der Waals surface area contributed by atoms with Crippen LogP contribution >= 0.6 is 11.8 Å². The van der Waals surface area contributed by atoms with E-state index in [4.69, 9.17) is 4.42 Å². The summed E-state index contributed by atoms with van der Waals surface area (Å²) in [5.41, 5.74) is 2.45. The molecular formula is C22H20N4O4S2. The number of carbonyl (C=O) groups is 1. The lowest BCUT2D eigenvalue weighted by atomic mass is 10.2. The largest absolute Gasteiger partial charge is 0.411 e. The molecule has 0 bridgehead atoms. The molecule has 8 nitrogen and oxygen atoms in total. The van der Waals surface area contributed by atoms with E-state index in [1.165, 1.54) is 0 Å². The fraction of sp³-hybridized carbons (Fsp3) is 0.227. The Morgan fingerprint density at radius 3 is 2.69 bits per heavy atom. The Balaban J connectivity index is 1.33. The number of benzene rings is 2. The summed E-state index contributed by atoms with van der Waals surface area (Å²) in [7, 11) is -3.13. The highest BCUT2D eigenvalue weighted by atomic mass is 32.2. The van der Waals surface area contributed by atoms with E-state index in [2.05, 4.69) is 15.2 Å². The van der Waals surface area contributed by atoms with E-state index >= 15 is 0 Å². The van der Waals surface area contributed by atoms with Crippen LogP contribution in [0.5, 0.6) is 0 Å². The van der Waals surface area contributed by atoms with Crippen molar-refractivity contribution in [3.63, 3.8) is 0 Å². The van der Waals surface area contributed by atoms with Gasteiger partial charge in [-0.05, 0) is 24.6 Å². The standard InChI is InChI=1S/C22H20N4O4S2/c27-20(26(15-6-2-1-3-7-15)16-10-11-32(28,29)14-16)13-31-22-25-24-21(30-22)18-12-23-19-9-5-4-8-17(18)19/h1-9,12,16,23H,10-11,13-14H2/t16-/m0/s1. The molecule has 2 aromatic carbocycles. The van der Waals surface area contributed by atoms with Gasteiger partial charge in [-0.25, -0.2) is 8.42 Å². The van der Waals surface area contributed by atoms with Crippen molar-refractivity contribution >= 4 is 44.1 Å². The normalized spacial score (nSPS) is 17.6. The molecule has 1 amide bonds. The van der Waals surface area contributed by atoms with Crippen LogP contribution in [0.1, 0.15) is 6.42 Å². The Bertz CT molecular complexity index is 1360. The maximum Gasteiger partial charge on any atom is 0.277 e. The van der Waals surface area contributed by atoms with Crippen molar-refractivity contribution in [3.05, 3.63) is 60.8 Å². The average molecular weight is 469 g/mol. The fourth-order valence-electron chi connectivity index (χ4n) is 3.94. The Morgan fingerprint density at radius 2 is 1.91 bits per heavy atom. The van der Waals surface area contributed by atoms with Gasteiger partial charge in [-0.2, -0.15) is 0 Å². The number of fused-ring (bicyclic) bond motifs is 1. The summed E-state index contributed by atoms with van der Waals surface area (Å²) in [5.74, 6) is 0.304. The number of rotatable bonds is 6. The minimum Gasteiger partial charge on any atom is -0.411 e. The summed E-state index contributed by atoms with van der Waals surface area (Å²) in [6.07, 6.45) is 2.24. The Kier molecular flexibility index (Phi) is 5.48. The number of hydrogen-bond donors (Lipinski definition) is 1. The molecule has 1 aliphatic rings. The smallest absolute Gasteiger partial charge is 0.277 e. The number of anilines is 1. The quantitative estimate of drug-likeness (QED) is 0.431. The first-order chi connectivity index (χ1) is 15.5. The molecule has 1 saturated heterocycles. The van der Waals surface area contributed by atoms with Crippen molar-refractivity contribution in [2.45, 2.75) is 17.7 Å². The number of aromatic amines is 1. The second kappa shape index (κ2) is 8.44. The molecule has 2 aromatic heterocycles. The third-order valence-corrected chi connectivity index (χ3v) is 7.98. The van der Waals surface area contributed by atoms with Crippen LogP contribution in [0.25, 0.3) is 22.4 Å². The molecular weight excluding hydrogens is 448 g/mol. The van der Waals surface area contributed by atoms with Crippen LogP contribution < -0.4 is 4.90 Å². The van der Waals surface area contributed by atoms with Crippen LogP contribution in [0.2, 0.25) is 0 Å². The van der Waals surface area contributed by atoms with Gasteiger partial charge >= 0.3 is 0 Å². The summed E-state index contributed by atoms with van der Waals surface area (Å²) in [4.78, 5) is 17.9. The zero-order valence-corrected chi connectivity index (χ0v) is 18.6. The summed E-state index contributed by atoms with van der Waals surface area (Å²) in [5, 5.41) is 9.45. The Labute approximate surface area is 188 Å². The Morgan fingerprint density at radius 1 is 1.12 bits per heavy atom. The van der Waals surface area contributed by atoms with Crippen molar-refractivity contribution in [2.24, 2.45) is 0 Å². The predicted octanol–water partition coefficient (Wildman–Crippen LogP) is 3.53. The first-order valence-electron chi connectivity index (χ1n) is 10.1. The number of aromatic nitrogens is 3. The van der Waals surface area contributed by atoms with Crippen molar-refractivity contribution in [1.29, 1.82) is 0 Å². The first kappa shape index (κ1) is 20.8. The maximum absolute atomic E-state index is 13.1. The first-order valence-corrected chi connectivity index (χ1v) is 12.9. The minimum absolute atomic E-state index is 0.0242. The third kappa shape index (κ3) is 4.15. The van der Waals surface area contributed by atoms with Gasteiger partial charge in [0.1, 0.15) is 0 Å². The van der Waals surface area contributed by atoms with Crippen LogP contribution in [-0.4, -0.2) is 52.8 Å². The number of H-pyrrole nitrogens is 1. The number of para-hydroxylation sites is 2. The summed E-state index contributed by atoms with van der Waals surface area (Å²) >= 11 is 1.14. The number of nitrogens with one attached hydrogen (secondary N) is 1. The number of sulfone groups is 1. The summed E-state index contributed by atoms with van der Waals surface area (Å²) in [6.45, 7) is 0. The second-order valence-corrected chi connectivity index (χ2v) is 10.7. The predicted molar refractivity (Wildman–Crippen MR) is 123 cm³/mol. The fourth-order valence-corrected chi connectivity index (χ4v) is 6.27. The van der Waals surface area contributed by atoms with Gasteiger partial charge in [-0.1, -0.05) is 48.2 Å². The minimum atomic E-state index is -3.13. The van der Waals surface area contributed by atoms with Crippen LogP contribution in [0.4, 0.5) is 5.69 Å². The molecule has 1 fully saturated rings. The highest BCUT2D eigenvalue weighted by Crippen LogP contribution is 2.30. The van der Waals surface area contributed by atoms with E-state index in [-0.39, 0.29) is 34.4 Å². The molecule has 5 rings (SSSR count). The molecule has 0 saturated carbocycles. The summed E-state index contributed by atoms with van der Waals surface area (Å²) in [6, 6.07) is 16.6. The molecule has 1 N–H and O–H groups in total. The molecule has 164 valence electrons. The van der Waals surface area contributed by atoms with Gasteiger partial charge in [0.05, 0.1) is 28.9 Å². The van der Waals surface area contributed by atoms with Crippen LogP contribution in [0.15, 0.2) is 70.4 Å². The van der Waals surface area contributed by atoms with Crippen LogP contribution in [0, 0.1) is 0 Å². The third-order valence-electron chi connectivity index (χ3n) is 5.42. The average Bonchev–Trinajstić information content (AvgIpc) is 3.51. The van der Waals surface area contributed by atoms with Crippen molar-refractivity contribution in [3.8, 4) is 11.5 Å². The van der Waals surface area contributed by atoms with Gasteiger partial charge in [0.25, 0.3) is 11.1 Å². The molecule has 4 aromatic rings. The molecule has 1 aliphatic heterocycles. The highest BCUT2D eigenvalue weighted by Gasteiger charge is 2.35. The van der Waals surface area contributed by atoms with Gasteiger partial charge in [-0.15, -0.1) is 10.2 Å². The molecule has 0 radical (unpaired) electrons. The summed E-state index contributed by atoms with van der Waals surface area (Å²) < 4.78 is 29.8. The van der Waals surface area contributed by atoms with Gasteiger partial charge in [0, 0.05) is 22.8 Å². The zero-order valence-electron chi connectivity index (χ0n) is 17.0. The second-order valence-electron chi connectivity index (χ2n) is 7.57. The van der Waals surface area contributed by atoms with Crippen LogP contribution in [-0.2, 0) is 14.6 Å². The van der Waals surface area contributed by atoms with Gasteiger partial charge in [-0.3, -0.25) is 4.79 Å². The van der Waals surface area contributed by atoms with Crippen molar-refractivity contribution < 1.29 is 17.6 Å². The van der Waals surface area contributed by atoms with E-state index < -0.39 is 9.84 Å². The molecule has 0 spiro atoms. The SMILES string of the molecule is O=C(CSc1nnc(-c2c[nH]c3ccccc23)o1)N(c1ccccc1)[C@H]1CCS(=O)(=O)C1. The molecule has 10 heteroatoms. The van der Waals surface area contributed by atoms with Gasteiger partial charge in [0.2, 0.25) is 5.91 Å². The lowest BCUT2D eigenvalue weighted by molar-refractivity contribution is -0.116. The number of amides is 1. The highest BCUT2D eigenvalue weighted by molar-refractivity contribution is 7.99. The van der Waals surface area contributed by atoms with Crippen molar-refractivity contribution in [2.75, 3.05) is 22.2 Å². The molecule has 3 heterocycles. The Hall–Kier alpha value is -3.11. The topological polar surface area (TPSA) is 109 Å².